The molecule has 0 unspecified atom stereocenters. The standard InChI is InChI=1S/C9H9BrF2O3S/c1-5-2-6(16-8(5)10)9(11,12)4-15-3-7(13)14/h2H,3-4H2,1H3,(H,13,14). The zero-order chi connectivity index (χ0) is 12.3. The molecule has 1 rings (SSSR count). The molecule has 0 spiro atoms. The zero-order valence-electron chi connectivity index (χ0n) is 8.30. The van der Waals surface area contributed by atoms with Gasteiger partial charge in [0.2, 0.25) is 0 Å². The minimum Gasteiger partial charge on any atom is -0.480 e. The van der Waals surface area contributed by atoms with Crippen LogP contribution in [0.2, 0.25) is 0 Å². The fourth-order valence-corrected chi connectivity index (χ4v) is 2.47. The number of rotatable bonds is 5. The fraction of sp³-hybridized carbons (Fsp3) is 0.444. The summed E-state index contributed by atoms with van der Waals surface area (Å²) in [5, 5.41) is 8.25. The van der Waals surface area contributed by atoms with Gasteiger partial charge in [0.15, 0.2) is 0 Å². The maximum atomic E-state index is 13.5. The third kappa shape index (κ3) is 3.50. The van der Waals surface area contributed by atoms with Crippen LogP contribution in [0.3, 0.4) is 0 Å². The first-order valence-corrected chi connectivity index (χ1v) is 5.87. The number of thiophene rings is 1. The molecule has 0 saturated heterocycles. The first kappa shape index (κ1) is 13.5. The van der Waals surface area contributed by atoms with E-state index in [4.69, 9.17) is 5.11 Å². The minimum absolute atomic E-state index is 0.137. The molecule has 0 bridgehead atoms. The Morgan fingerprint density at radius 2 is 2.31 bits per heavy atom. The van der Waals surface area contributed by atoms with Crippen molar-refractivity contribution in [3.63, 3.8) is 0 Å². The molecule has 0 aliphatic carbocycles. The number of hydrogen-bond donors (Lipinski definition) is 1. The molecule has 1 aromatic heterocycles. The Balaban J connectivity index is 2.66. The van der Waals surface area contributed by atoms with Gasteiger partial charge >= 0.3 is 11.9 Å². The highest BCUT2D eigenvalue weighted by atomic mass is 79.9. The van der Waals surface area contributed by atoms with Crippen molar-refractivity contribution in [2.75, 3.05) is 13.2 Å². The average Bonchev–Trinajstić information content (AvgIpc) is 2.46. The van der Waals surface area contributed by atoms with Crippen molar-refractivity contribution in [2.24, 2.45) is 0 Å². The van der Waals surface area contributed by atoms with E-state index in [0.29, 0.717) is 3.79 Å². The zero-order valence-corrected chi connectivity index (χ0v) is 10.7. The highest BCUT2D eigenvalue weighted by Crippen LogP contribution is 2.38. The number of hydrogen-bond acceptors (Lipinski definition) is 3. The Hall–Kier alpha value is -0.530. The Bertz CT molecular complexity index is 373. The summed E-state index contributed by atoms with van der Waals surface area (Å²) in [5.74, 6) is -4.42. The van der Waals surface area contributed by atoms with E-state index in [2.05, 4.69) is 20.7 Å². The highest BCUT2D eigenvalue weighted by Gasteiger charge is 2.34. The van der Waals surface area contributed by atoms with Crippen molar-refractivity contribution in [1.82, 2.24) is 0 Å². The van der Waals surface area contributed by atoms with E-state index in [-0.39, 0.29) is 4.88 Å². The number of halogens is 3. The van der Waals surface area contributed by atoms with Crippen molar-refractivity contribution in [2.45, 2.75) is 12.8 Å². The van der Waals surface area contributed by atoms with E-state index in [1.165, 1.54) is 6.07 Å². The van der Waals surface area contributed by atoms with Crippen LogP contribution in [0.15, 0.2) is 9.85 Å². The van der Waals surface area contributed by atoms with Crippen LogP contribution in [0.5, 0.6) is 0 Å². The van der Waals surface area contributed by atoms with Gasteiger partial charge in [-0.1, -0.05) is 0 Å². The SMILES string of the molecule is Cc1cc(C(F)(F)COCC(=O)O)sc1Br. The van der Waals surface area contributed by atoms with E-state index in [9.17, 15) is 13.6 Å². The molecule has 1 heterocycles. The number of alkyl halides is 2. The molecule has 0 aromatic carbocycles. The summed E-state index contributed by atoms with van der Waals surface area (Å²) in [5.41, 5.74) is 0.720. The second-order valence-electron chi connectivity index (χ2n) is 3.16. The van der Waals surface area contributed by atoms with Crippen LogP contribution < -0.4 is 0 Å². The molecule has 3 nitrogen and oxygen atoms in total. The fourth-order valence-electron chi connectivity index (χ4n) is 0.978. The van der Waals surface area contributed by atoms with Gasteiger partial charge in [-0.15, -0.1) is 11.3 Å². The predicted molar refractivity (Wildman–Crippen MR) is 59.1 cm³/mol. The first-order chi connectivity index (χ1) is 7.33. The van der Waals surface area contributed by atoms with E-state index in [0.717, 1.165) is 16.9 Å². The van der Waals surface area contributed by atoms with Gasteiger partial charge in [0.25, 0.3) is 0 Å². The minimum atomic E-state index is -3.16. The molecule has 0 aliphatic rings. The lowest BCUT2D eigenvalue weighted by Gasteiger charge is -2.13. The number of aliphatic carboxylic acids is 1. The number of ether oxygens (including phenoxy) is 1. The van der Waals surface area contributed by atoms with Gasteiger partial charge in [0.1, 0.15) is 13.2 Å². The second kappa shape index (κ2) is 5.20. The maximum absolute atomic E-state index is 13.5. The van der Waals surface area contributed by atoms with Crippen molar-refractivity contribution < 1.29 is 23.4 Å². The van der Waals surface area contributed by atoms with Crippen LogP contribution in [-0.2, 0) is 15.5 Å². The van der Waals surface area contributed by atoms with Gasteiger partial charge in [-0.3, -0.25) is 0 Å². The Labute approximate surface area is 103 Å². The Kier molecular flexibility index (Phi) is 4.40. The first-order valence-electron chi connectivity index (χ1n) is 4.26. The normalized spacial score (nSPS) is 11.8. The topological polar surface area (TPSA) is 46.5 Å². The number of carboxylic acid groups (broad SMARTS) is 1. The van der Waals surface area contributed by atoms with Gasteiger partial charge in [-0.05, 0) is 34.5 Å². The third-order valence-electron chi connectivity index (χ3n) is 1.73. The molecule has 0 radical (unpaired) electrons. The molecule has 0 aliphatic heterocycles. The summed E-state index contributed by atoms with van der Waals surface area (Å²) in [6, 6.07) is 1.36. The second-order valence-corrected chi connectivity index (χ2v) is 5.53. The van der Waals surface area contributed by atoms with Crippen LogP contribution in [0.4, 0.5) is 8.78 Å². The van der Waals surface area contributed by atoms with E-state index >= 15 is 0 Å². The lowest BCUT2D eigenvalue weighted by molar-refractivity contribution is -0.147. The number of aryl methyl sites for hydroxylation is 1. The van der Waals surface area contributed by atoms with Crippen molar-refractivity contribution in [1.29, 1.82) is 0 Å². The third-order valence-corrected chi connectivity index (χ3v) is 3.98. The molecule has 1 aromatic rings. The molecule has 90 valence electrons. The van der Waals surface area contributed by atoms with Crippen LogP contribution in [0.1, 0.15) is 10.4 Å². The number of carbonyl (C=O) groups is 1. The van der Waals surface area contributed by atoms with Crippen LogP contribution >= 0.6 is 27.3 Å². The Morgan fingerprint density at radius 1 is 1.69 bits per heavy atom. The van der Waals surface area contributed by atoms with E-state index in [1.807, 2.05) is 0 Å². The van der Waals surface area contributed by atoms with Crippen molar-refractivity contribution in [3.05, 3.63) is 20.3 Å². The van der Waals surface area contributed by atoms with Crippen LogP contribution in [0, 0.1) is 6.92 Å². The number of carboxylic acids is 1. The summed E-state index contributed by atoms with van der Waals surface area (Å²) in [6.07, 6.45) is 0. The van der Waals surface area contributed by atoms with Gasteiger partial charge in [-0.2, -0.15) is 8.78 Å². The average molecular weight is 315 g/mol. The van der Waals surface area contributed by atoms with E-state index < -0.39 is 25.1 Å². The summed E-state index contributed by atoms with van der Waals surface area (Å²) < 4.78 is 32.0. The van der Waals surface area contributed by atoms with Gasteiger partial charge < -0.3 is 9.84 Å². The summed E-state index contributed by atoms with van der Waals surface area (Å²) >= 11 is 4.07. The lowest BCUT2D eigenvalue weighted by Crippen LogP contribution is -2.22. The molecule has 0 atom stereocenters. The highest BCUT2D eigenvalue weighted by molar-refractivity contribution is 9.11. The maximum Gasteiger partial charge on any atom is 0.329 e. The summed E-state index contributed by atoms with van der Waals surface area (Å²) in [4.78, 5) is 9.97. The van der Waals surface area contributed by atoms with Gasteiger partial charge in [0, 0.05) is 0 Å². The molecular weight excluding hydrogens is 306 g/mol. The summed E-state index contributed by atoms with van der Waals surface area (Å²) in [7, 11) is 0. The predicted octanol–water partition coefficient (Wildman–Crippen LogP) is 3.01. The molecule has 0 saturated carbocycles. The largest absolute Gasteiger partial charge is 0.480 e. The lowest BCUT2D eigenvalue weighted by atomic mass is 10.2. The molecular formula is C9H9BrF2O3S. The monoisotopic (exact) mass is 314 g/mol. The van der Waals surface area contributed by atoms with Gasteiger partial charge in [-0.25, -0.2) is 4.79 Å². The quantitative estimate of drug-likeness (QED) is 0.908. The van der Waals surface area contributed by atoms with Gasteiger partial charge in [0.05, 0.1) is 8.66 Å². The van der Waals surface area contributed by atoms with Crippen LogP contribution in [-0.4, -0.2) is 24.3 Å². The molecule has 0 amide bonds. The molecule has 16 heavy (non-hydrogen) atoms. The molecule has 7 heteroatoms. The smallest absolute Gasteiger partial charge is 0.329 e. The Morgan fingerprint density at radius 3 is 2.75 bits per heavy atom. The summed E-state index contributed by atoms with van der Waals surface area (Å²) in [6.45, 7) is 0.0606. The van der Waals surface area contributed by atoms with Crippen LogP contribution in [0.25, 0.3) is 0 Å². The van der Waals surface area contributed by atoms with E-state index in [1.54, 1.807) is 6.92 Å². The molecule has 1 N–H and O–H groups in total. The van der Waals surface area contributed by atoms with Crippen molar-refractivity contribution >= 4 is 33.2 Å². The molecule has 0 fully saturated rings. The van der Waals surface area contributed by atoms with Crippen molar-refractivity contribution in [3.8, 4) is 0 Å².